The van der Waals surface area contributed by atoms with Gasteiger partial charge >= 0.3 is 0 Å². The number of likely N-dealkylation sites (N-methyl/N-ethyl adjacent to an activating group) is 1. The van der Waals surface area contributed by atoms with Gasteiger partial charge in [-0.2, -0.15) is 0 Å². The third-order valence-electron chi connectivity index (χ3n) is 4.36. The topological polar surface area (TPSA) is 55.4 Å². The van der Waals surface area contributed by atoms with Gasteiger partial charge in [-0.15, -0.1) is 0 Å². The lowest BCUT2D eigenvalue weighted by Crippen LogP contribution is -2.51. The van der Waals surface area contributed by atoms with Crippen molar-refractivity contribution < 1.29 is 13.2 Å². The highest BCUT2D eigenvalue weighted by atomic mass is 32.2. The predicted octanol–water partition coefficient (Wildman–Crippen LogP) is 2.53. The maximum absolute atomic E-state index is 11.6. The lowest BCUT2D eigenvalue weighted by molar-refractivity contribution is -0.0629. The van der Waals surface area contributed by atoms with E-state index < -0.39 is 9.84 Å². The van der Waals surface area contributed by atoms with Crippen molar-refractivity contribution >= 4 is 9.84 Å². The van der Waals surface area contributed by atoms with Crippen molar-refractivity contribution in [2.45, 2.75) is 70.9 Å². The molecule has 0 aliphatic heterocycles. The molecule has 20 heavy (non-hydrogen) atoms. The first-order chi connectivity index (χ1) is 9.49. The maximum atomic E-state index is 11.6. The summed E-state index contributed by atoms with van der Waals surface area (Å²) in [7, 11) is -2.85. The smallest absolute Gasteiger partial charge is 0.150 e. The van der Waals surface area contributed by atoms with E-state index in [0.29, 0.717) is 5.75 Å². The molecule has 0 heterocycles. The Kier molecular flexibility index (Phi) is 7.48. The minimum atomic E-state index is -2.85. The number of nitrogens with one attached hydrogen (secondary N) is 1. The molecule has 0 amide bonds. The van der Waals surface area contributed by atoms with Gasteiger partial charge in [0, 0.05) is 18.4 Å². The lowest BCUT2D eigenvalue weighted by atomic mass is 9.88. The third kappa shape index (κ3) is 5.01. The zero-order valence-electron chi connectivity index (χ0n) is 13.3. The first-order valence-corrected chi connectivity index (χ1v) is 9.89. The standard InChI is InChI=1S/C15H31NO3S/c1-4-16-14(10-9-13-20(17,18)6-3)15(19-5-2)11-7-8-12-15/h14,16H,4-13H2,1-3H3. The van der Waals surface area contributed by atoms with E-state index >= 15 is 0 Å². The first-order valence-electron chi connectivity index (χ1n) is 8.07. The van der Waals surface area contributed by atoms with Gasteiger partial charge in [0.2, 0.25) is 0 Å². The zero-order chi connectivity index (χ0) is 15.1. The molecule has 1 aliphatic carbocycles. The average Bonchev–Trinajstić information content (AvgIpc) is 2.88. The highest BCUT2D eigenvalue weighted by Crippen LogP contribution is 2.37. The van der Waals surface area contributed by atoms with E-state index in [-0.39, 0.29) is 17.4 Å². The van der Waals surface area contributed by atoms with Crippen molar-refractivity contribution in [1.82, 2.24) is 5.32 Å². The SMILES string of the molecule is CCNC(CCCS(=O)(=O)CC)C1(OCC)CCCC1. The molecule has 1 atom stereocenters. The lowest BCUT2D eigenvalue weighted by Gasteiger charge is -2.38. The number of hydrogen-bond donors (Lipinski definition) is 1. The van der Waals surface area contributed by atoms with Crippen LogP contribution in [-0.4, -0.2) is 44.7 Å². The summed E-state index contributed by atoms with van der Waals surface area (Å²) in [5, 5.41) is 3.53. The van der Waals surface area contributed by atoms with E-state index in [1.165, 1.54) is 12.8 Å². The molecule has 1 rings (SSSR count). The molecule has 0 aromatic heterocycles. The van der Waals surface area contributed by atoms with Crippen LogP contribution in [0.1, 0.15) is 59.3 Å². The Morgan fingerprint density at radius 1 is 1.20 bits per heavy atom. The maximum Gasteiger partial charge on any atom is 0.150 e. The van der Waals surface area contributed by atoms with Gasteiger partial charge in [0.1, 0.15) is 9.84 Å². The van der Waals surface area contributed by atoms with Gasteiger partial charge in [0.25, 0.3) is 0 Å². The van der Waals surface area contributed by atoms with Crippen molar-refractivity contribution in [2.75, 3.05) is 24.7 Å². The molecule has 5 heteroatoms. The Bertz CT molecular complexity index is 361. The molecule has 1 fully saturated rings. The number of rotatable bonds is 10. The highest BCUT2D eigenvalue weighted by Gasteiger charge is 2.41. The second-order valence-electron chi connectivity index (χ2n) is 5.69. The molecule has 0 saturated heterocycles. The van der Waals surface area contributed by atoms with Gasteiger partial charge in [-0.05, 0) is 39.2 Å². The Morgan fingerprint density at radius 3 is 2.35 bits per heavy atom. The summed E-state index contributed by atoms with van der Waals surface area (Å²) in [6.07, 6.45) is 6.23. The monoisotopic (exact) mass is 305 g/mol. The molecule has 1 N–H and O–H groups in total. The van der Waals surface area contributed by atoms with Crippen LogP contribution in [0, 0.1) is 0 Å². The molecule has 1 aliphatic rings. The quantitative estimate of drug-likeness (QED) is 0.674. The average molecular weight is 305 g/mol. The summed E-state index contributed by atoms with van der Waals surface area (Å²) in [5.74, 6) is 0.545. The third-order valence-corrected chi connectivity index (χ3v) is 6.15. The Hall–Kier alpha value is -0.130. The van der Waals surface area contributed by atoms with Crippen LogP contribution in [0.4, 0.5) is 0 Å². The van der Waals surface area contributed by atoms with Crippen molar-refractivity contribution in [3.8, 4) is 0 Å². The highest BCUT2D eigenvalue weighted by molar-refractivity contribution is 7.91. The molecule has 1 unspecified atom stereocenters. The van der Waals surface area contributed by atoms with Gasteiger partial charge in [0.15, 0.2) is 0 Å². The molecule has 0 aromatic rings. The van der Waals surface area contributed by atoms with Crippen LogP contribution in [0.5, 0.6) is 0 Å². The van der Waals surface area contributed by atoms with E-state index in [2.05, 4.69) is 12.2 Å². The minimum absolute atomic E-state index is 0.0687. The summed E-state index contributed by atoms with van der Waals surface area (Å²) in [6.45, 7) is 7.50. The Morgan fingerprint density at radius 2 is 1.85 bits per heavy atom. The summed E-state index contributed by atoms with van der Waals surface area (Å²) >= 11 is 0. The van der Waals surface area contributed by atoms with Crippen LogP contribution in [0.3, 0.4) is 0 Å². The van der Waals surface area contributed by atoms with Crippen LogP contribution in [-0.2, 0) is 14.6 Å². The van der Waals surface area contributed by atoms with Crippen molar-refractivity contribution in [1.29, 1.82) is 0 Å². The van der Waals surface area contributed by atoms with Gasteiger partial charge in [0.05, 0.1) is 11.4 Å². The first kappa shape index (κ1) is 17.9. The van der Waals surface area contributed by atoms with Gasteiger partial charge in [-0.1, -0.05) is 26.7 Å². The van der Waals surface area contributed by atoms with Crippen LogP contribution in [0.25, 0.3) is 0 Å². The molecule has 120 valence electrons. The largest absolute Gasteiger partial charge is 0.374 e. The van der Waals surface area contributed by atoms with Crippen LogP contribution < -0.4 is 5.32 Å². The fourth-order valence-electron chi connectivity index (χ4n) is 3.30. The molecule has 4 nitrogen and oxygen atoms in total. The van der Waals surface area contributed by atoms with E-state index in [1.54, 1.807) is 6.92 Å². The van der Waals surface area contributed by atoms with Gasteiger partial charge in [-0.25, -0.2) is 8.42 Å². The predicted molar refractivity (Wildman–Crippen MR) is 83.9 cm³/mol. The van der Waals surface area contributed by atoms with E-state index in [4.69, 9.17) is 4.74 Å². The Labute approximate surface area is 124 Å². The van der Waals surface area contributed by atoms with Gasteiger partial charge < -0.3 is 10.1 Å². The summed E-state index contributed by atoms with van der Waals surface area (Å²) in [6, 6.07) is 0.280. The molecule has 0 bridgehead atoms. The van der Waals surface area contributed by atoms with E-state index in [9.17, 15) is 8.42 Å². The number of hydrogen-bond acceptors (Lipinski definition) is 4. The second kappa shape index (κ2) is 8.35. The Balaban J connectivity index is 2.62. The minimum Gasteiger partial charge on any atom is -0.374 e. The molecular weight excluding hydrogens is 274 g/mol. The van der Waals surface area contributed by atoms with Crippen LogP contribution in [0.2, 0.25) is 0 Å². The number of sulfone groups is 1. The van der Waals surface area contributed by atoms with E-state index in [1.807, 2.05) is 6.92 Å². The molecule has 0 spiro atoms. The zero-order valence-corrected chi connectivity index (χ0v) is 14.1. The van der Waals surface area contributed by atoms with Crippen LogP contribution in [0.15, 0.2) is 0 Å². The fourth-order valence-corrected chi connectivity index (χ4v) is 4.20. The van der Waals surface area contributed by atoms with Crippen molar-refractivity contribution in [3.63, 3.8) is 0 Å². The van der Waals surface area contributed by atoms with Crippen molar-refractivity contribution in [3.05, 3.63) is 0 Å². The number of ether oxygens (including phenoxy) is 1. The van der Waals surface area contributed by atoms with Crippen LogP contribution >= 0.6 is 0 Å². The molecular formula is C15H31NO3S. The molecule has 0 radical (unpaired) electrons. The fraction of sp³-hybridized carbons (Fsp3) is 1.00. The summed E-state index contributed by atoms with van der Waals surface area (Å²) < 4.78 is 29.3. The molecule has 0 aromatic carbocycles. The van der Waals surface area contributed by atoms with E-state index in [0.717, 1.165) is 38.8 Å². The normalized spacial score (nSPS) is 20.1. The van der Waals surface area contributed by atoms with Gasteiger partial charge in [-0.3, -0.25) is 0 Å². The molecule has 1 saturated carbocycles. The summed E-state index contributed by atoms with van der Waals surface area (Å²) in [4.78, 5) is 0. The second-order valence-corrected chi connectivity index (χ2v) is 8.17. The summed E-state index contributed by atoms with van der Waals surface area (Å²) in [5.41, 5.74) is -0.0687. The van der Waals surface area contributed by atoms with Crippen molar-refractivity contribution in [2.24, 2.45) is 0 Å².